The maximum Gasteiger partial charge on any atom is 0.219 e. The smallest absolute Gasteiger partial charge is 0.219 e. The standard InChI is InChI=1S/C34H48FNO3/c1-21(37)36(18-22-6-5-7-23(35)16-22)19-24-8-9-26-28(39-24)17-27-25-10-11-29-31(2,3)30(38)12-13-34(29)20-33(25,34)15-14-32(26,27)4/h5-7,16,24-30,38H,8-15,17-20H2,1-4H3/t24?,25?,26?,27?,28?,29?,30-,32?,33-,34?/m0/s1. The monoisotopic (exact) mass is 537 g/mol. The van der Waals surface area contributed by atoms with Crippen LogP contribution in [-0.2, 0) is 16.1 Å². The summed E-state index contributed by atoms with van der Waals surface area (Å²) in [5, 5.41) is 10.9. The molecule has 39 heavy (non-hydrogen) atoms. The summed E-state index contributed by atoms with van der Waals surface area (Å²) in [6, 6.07) is 6.58. The summed E-state index contributed by atoms with van der Waals surface area (Å²) in [7, 11) is 0. The molecule has 6 aliphatic rings. The Labute approximate surface area is 234 Å². The number of nitrogens with zero attached hydrogens (tertiary/aromatic N) is 1. The zero-order chi connectivity index (χ0) is 27.4. The Morgan fingerprint density at radius 1 is 1.03 bits per heavy atom. The van der Waals surface area contributed by atoms with Crippen LogP contribution in [-0.4, -0.2) is 40.8 Å². The van der Waals surface area contributed by atoms with Crippen LogP contribution in [0.4, 0.5) is 4.39 Å². The number of halogens is 1. The summed E-state index contributed by atoms with van der Waals surface area (Å²) in [6.45, 7) is 9.92. The van der Waals surface area contributed by atoms with E-state index in [1.54, 1.807) is 13.0 Å². The maximum atomic E-state index is 13.8. The van der Waals surface area contributed by atoms with E-state index in [0.717, 1.165) is 30.2 Å². The van der Waals surface area contributed by atoms with Gasteiger partial charge in [-0.05, 0) is 127 Å². The molecule has 0 aromatic heterocycles. The Kier molecular flexibility index (Phi) is 5.95. The van der Waals surface area contributed by atoms with Crippen LogP contribution in [0.3, 0.4) is 0 Å². The highest BCUT2D eigenvalue weighted by Crippen LogP contribution is 2.87. The van der Waals surface area contributed by atoms with Gasteiger partial charge < -0.3 is 14.7 Å². The fraction of sp³-hybridized carbons (Fsp3) is 0.794. The van der Waals surface area contributed by atoms with E-state index in [0.29, 0.717) is 47.3 Å². The molecule has 1 heterocycles. The average Bonchev–Trinajstić information content (AvgIpc) is 3.46. The van der Waals surface area contributed by atoms with Gasteiger partial charge in [0.05, 0.1) is 18.3 Å². The molecular formula is C34H48FNO3. The summed E-state index contributed by atoms with van der Waals surface area (Å²) in [5.74, 6) is 2.62. The van der Waals surface area contributed by atoms with Crippen molar-refractivity contribution in [1.82, 2.24) is 4.90 Å². The molecule has 7 rings (SSSR count). The Balaban J connectivity index is 1.07. The molecule has 10 atom stereocenters. The predicted molar refractivity (Wildman–Crippen MR) is 149 cm³/mol. The molecule has 1 saturated heterocycles. The fourth-order valence-electron chi connectivity index (χ4n) is 11.8. The number of hydrogen-bond donors (Lipinski definition) is 1. The summed E-state index contributed by atoms with van der Waals surface area (Å²) in [5.41, 5.74) is 2.24. The summed E-state index contributed by atoms with van der Waals surface area (Å²) in [6.07, 6.45) is 12.6. The number of ether oxygens (including phenoxy) is 1. The van der Waals surface area contributed by atoms with Gasteiger partial charge in [0.15, 0.2) is 0 Å². The van der Waals surface area contributed by atoms with Crippen LogP contribution < -0.4 is 0 Å². The van der Waals surface area contributed by atoms with E-state index in [-0.39, 0.29) is 29.3 Å². The number of amides is 1. The molecule has 4 nitrogen and oxygen atoms in total. The highest BCUT2D eigenvalue weighted by molar-refractivity contribution is 5.73. The first-order valence-corrected chi connectivity index (χ1v) is 15.8. The van der Waals surface area contributed by atoms with Crippen molar-refractivity contribution in [1.29, 1.82) is 0 Å². The number of hydrogen-bond acceptors (Lipinski definition) is 3. The molecule has 1 amide bonds. The second-order valence-electron chi connectivity index (χ2n) is 15.5. The lowest BCUT2D eigenvalue weighted by atomic mass is 9.46. The Hall–Kier alpha value is -1.46. The van der Waals surface area contributed by atoms with Crippen molar-refractivity contribution in [2.24, 2.45) is 45.3 Å². The van der Waals surface area contributed by atoms with Crippen LogP contribution in [0.1, 0.15) is 97.5 Å². The first-order valence-electron chi connectivity index (χ1n) is 15.8. The van der Waals surface area contributed by atoms with Gasteiger partial charge in [-0.1, -0.05) is 32.9 Å². The largest absolute Gasteiger partial charge is 0.393 e. The number of carbonyl (C=O) groups is 1. The van der Waals surface area contributed by atoms with Crippen LogP contribution in [0.2, 0.25) is 0 Å². The van der Waals surface area contributed by atoms with Crippen molar-refractivity contribution in [3.8, 4) is 0 Å². The predicted octanol–water partition coefficient (Wildman–Crippen LogP) is 6.74. The normalized spacial score (nSPS) is 47.2. The lowest BCUT2D eigenvalue weighted by molar-refractivity contribution is -0.140. The quantitative estimate of drug-likeness (QED) is 0.463. The van der Waals surface area contributed by atoms with Gasteiger partial charge in [0.25, 0.3) is 0 Å². The van der Waals surface area contributed by atoms with Crippen molar-refractivity contribution < 1.29 is 19.0 Å². The average molecular weight is 538 g/mol. The van der Waals surface area contributed by atoms with Gasteiger partial charge in [-0.3, -0.25) is 4.79 Å². The van der Waals surface area contributed by atoms with Gasteiger partial charge in [0, 0.05) is 20.0 Å². The van der Waals surface area contributed by atoms with Crippen molar-refractivity contribution in [2.45, 2.75) is 117 Å². The first-order chi connectivity index (χ1) is 18.5. The van der Waals surface area contributed by atoms with Crippen LogP contribution in [0.5, 0.6) is 0 Å². The van der Waals surface area contributed by atoms with Crippen LogP contribution >= 0.6 is 0 Å². The molecule has 1 aliphatic heterocycles. The van der Waals surface area contributed by atoms with Crippen LogP contribution in [0.25, 0.3) is 0 Å². The molecule has 0 radical (unpaired) electrons. The summed E-state index contributed by atoms with van der Waals surface area (Å²) in [4.78, 5) is 14.4. The second kappa shape index (κ2) is 8.77. The molecular weight excluding hydrogens is 489 g/mol. The van der Waals surface area contributed by atoms with Crippen molar-refractivity contribution in [2.75, 3.05) is 6.54 Å². The minimum Gasteiger partial charge on any atom is -0.393 e. The third kappa shape index (κ3) is 3.70. The molecule has 5 heteroatoms. The Morgan fingerprint density at radius 2 is 1.82 bits per heavy atom. The van der Waals surface area contributed by atoms with Crippen molar-refractivity contribution in [3.05, 3.63) is 35.6 Å². The maximum absolute atomic E-state index is 13.8. The van der Waals surface area contributed by atoms with Crippen LogP contribution in [0.15, 0.2) is 24.3 Å². The Bertz CT molecular complexity index is 1150. The lowest BCUT2D eigenvalue weighted by Gasteiger charge is -2.59. The van der Waals surface area contributed by atoms with Crippen LogP contribution in [0, 0.1) is 51.1 Å². The summed E-state index contributed by atoms with van der Waals surface area (Å²) < 4.78 is 20.6. The minimum absolute atomic E-state index is 0.0234. The number of carbonyl (C=O) groups excluding carboxylic acids is 1. The molecule has 5 aliphatic carbocycles. The van der Waals surface area contributed by atoms with Crippen molar-refractivity contribution >= 4 is 5.91 Å². The van der Waals surface area contributed by atoms with Gasteiger partial charge in [-0.25, -0.2) is 4.39 Å². The topological polar surface area (TPSA) is 49.8 Å². The third-order valence-corrected chi connectivity index (χ3v) is 13.8. The highest BCUT2D eigenvalue weighted by Gasteiger charge is 2.80. The lowest BCUT2D eigenvalue weighted by Crippen LogP contribution is -2.54. The van der Waals surface area contributed by atoms with Gasteiger partial charge in [-0.2, -0.15) is 0 Å². The fourth-order valence-corrected chi connectivity index (χ4v) is 11.8. The second-order valence-corrected chi connectivity index (χ2v) is 15.5. The molecule has 5 saturated carbocycles. The number of rotatable bonds is 4. The molecule has 0 bridgehead atoms. The van der Waals surface area contributed by atoms with Gasteiger partial charge in [0.1, 0.15) is 5.82 Å². The molecule has 1 N–H and O–H groups in total. The van der Waals surface area contributed by atoms with E-state index in [9.17, 15) is 14.3 Å². The number of benzene rings is 1. The number of aliphatic hydroxyl groups is 1. The number of fused-ring (bicyclic) bond motifs is 4. The van der Waals surface area contributed by atoms with Crippen molar-refractivity contribution in [3.63, 3.8) is 0 Å². The molecule has 2 spiro atoms. The number of aliphatic hydroxyl groups excluding tert-OH is 1. The van der Waals surface area contributed by atoms with Gasteiger partial charge in [0.2, 0.25) is 5.91 Å². The summed E-state index contributed by atoms with van der Waals surface area (Å²) >= 11 is 0. The SMILES string of the molecule is CC(=O)N(Cc1cccc(F)c1)CC1CCC2C(CC3C4CCC5C(C)(C)[C@@H](O)CCC56C[C@@]46CCC23C)O1. The molecule has 214 valence electrons. The van der Waals surface area contributed by atoms with E-state index >= 15 is 0 Å². The zero-order valence-corrected chi connectivity index (χ0v) is 24.4. The van der Waals surface area contributed by atoms with E-state index in [1.807, 2.05) is 11.0 Å². The molecule has 6 fully saturated rings. The van der Waals surface area contributed by atoms with E-state index < -0.39 is 0 Å². The van der Waals surface area contributed by atoms with E-state index in [2.05, 4.69) is 20.8 Å². The van der Waals surface area contributed by atoms with Gasteiger partial charge in [-0.15, -0.1) is 0 Å². The molecule has 1 aromatic rings. The Morgan fingerprint density at radius 3 is 2.59 bits per heavy atom. The molecule has 1 aromatic carbocycles. The zero-order valence-electron chi connectivity index (χ0n) is 24.4. The third-order valence-electron chi connectivity index (χ3n) is 13.8. The van der Waals surface area contributed by atoms with Gasteiger partial charge >= 0.3 is 0 Å². The molecule has 8 unspecified atom stereocenters. The first kappa shape index (κ1) is 26.4. The highest BCUT2D eigenvalue weighted by atomic mass is 19.1. The van der Waals surface area contributed by atoms with E-state index in [4.69, 9.17) is 4.74 Å². The minimum atomic E-state index is -0.258. The van der Waals surface area contributed by atoms with E-state index in [1.165, 1.54) is 63.5 Å².